The van der Waals surface area contributed by atoms with Gasteiger partial charge in [-0.1, -0.05) is 18.1 Å². The molecule has 4 nitrogen and oxygen atoms in total. The van der Waals surface area contributed by atoms with Crippen LogP contribution in [0.25, 0.3) is 0 Å². The maximum Gasteiger partial charge on any atom is 0.145 e. The van der Waals surface area contributed by atoms with Gasteiger partial charge in [-0.2, -0.15) is 0 Å². The van der Waals surface area contributed by atoms with Crippen molar-refractivity contribution in [1.29, 1.82) is 0 Å². The molecule has 1 fully saturated rings. The SMILES string of the molecule is Cc1ccc(F)cc1CN1CCC(C)(/C(N)=N/O)CC1. The van der Waals surface area contributed by atoms with Crippen LogP contribution in [-0.2, 0) is 6.54 Å². The highest BCUT2D eigenvalue weighted by molar-refractivity contribution is 5.85. The van der Waals surface area contributed by atoms with Crippen molar-refractivity contribution in [3.8, 4) is 0 Å². The fraction of sp³-hybridized carbons (Fsp3) is 0.533. The Morgan fingerprint density at radius 3 is 2.70 bits per heavy atom. The Balaban J connectivity index is 2.00. The van der Waals surface area contributed by atoms with Crippen molar-refractivity contribution < 1.29 is 9.60 Å². The molecule has 0 radical (unpaired) electrons. The molecule has 5 heteroatoms. The number of rotatable bonds is 3. The molecule has 1 saturated heterocycles. The van der Waals surface area contributed by atoms with Crippen molar-refractivity contribution in [2.24, 2.45) is 16.3 Å². The molecule has 0 aromatic heterocycles. The molecule has 0 spiro atoms. The monoisotopic (exact) mass is 279 g/mol. The Morgan fingerprint density at radius 1 is 1.45 bits per heavy atom. The van der Waals surface area contributed by atoms with Gasteiger partial charge in [0.1, 0.15) is 11.7 Å². The van der Waals surface area contributed by atoms with Gasteiger partial charge < -0.3 is 10.9 Å². The fourth-order valence-electron chi connectivity index (χ4n) is 2.63. The zero-order valence-electron chi connectivity index (χ0n) is 12.1. The summed E-state index contributed by atoms with van der Waals surface area (Å²) >= 11 is 0. The lowest BCUT2D eigenvalue weighted by Gasteiger charge is -2.38. The highest BCUT2D eigenvalue weighted by atomic mass is 19.1. The van der Waals surface area contributed by atoms with Gasteiger partial charge in [-0.05, 0) is 56.1 Å². The van der Waals surface area contributed by atoms with Crippen molar-refractivity contribution >= 4 is 5.84 Å². The van der Waals surface area contributed by atoms with Crippen LogP contribution in [0.15, 0.2) is 23.4 Å². The van der Waals surface area contributed by atoms with Gasteiger partial charge in [0.2, 0.25) is 0 Å². The predicted molar refractivity (Wildman–Crippen MR) is 77.2 cm³/mol. The van der Waals surface area contributed by atoms with Gasteiger partial charge in [0.25, 0.3) is 0 Å². The summed E-state index contributed by atoms with van der Waals surface area (Å²) in [6.45, 7) is 6.49. The summed E-state index contributed by atoms with van der Waals surface area (Å²) in [5, 5.41) is 12.0. The third-order valence-corrected chi connectivity index (χ3v) is 4.39. The van der Waals surface area contributed by atoms with E-state index in [0.29, 0.717) is 5.84 Å². The molecule has 1 heterocycles. The van der Waals surface area contributed by atoms with Crippen LogP contribution in [0.4, 0.5) is 4.39 Å². The summed E-state index contributed by atoms with van der Waals surface area (Å²) in [6.07, 6.45) is 1.69. The molecule has 3 N–H and O–H groups in total. The van der Waals surface area contributed by atoms with E-state index in [1.54, 1.807) is 6.07 Å². The minimum Gasteiger partial charge on any atom is -0.409 e. The van der Waals surface area contributed by atoms with Crippen LogP contribution < -0.4 is 5.73 Å². The van der Waals surface area contributed by atoms with Crippen molar-refractivity contribution in [2.45, 2.75) is 33.2 Å². The van der Waals surface area contributed by atoms with Crippen LogP contribution in [0, 0.1) is 18.2 Å². The van der Waals surface area contributed by atoms with E-state index in [1.165, 1.54) is 6.07 Å². The van der Waals surface area contributed by atoms with Crippen molar-refractivity contribution in [1.82, 2.24) is 4.90 Å². The molecule has 1 aliphatic rings. The van der Waals surface area contributed by atoms with E-state index >= 15 is 0 Å². The second-order valence-electron chi connectivity index (χ2n) is 5.89. The Hall–Kier alpha value is -1.62. The number of nitrogens with two attached hydrogens (primary N) is 1. The van der Waals surface area contributed by atoms with Crippen LogP contribution in [-0.4, -0.2) is 29.0 Å². The number of aryl methyl sites for hydroxylation is 1. The van der Waals surface area contributed by atoms with Gasteiger partial charge in [-0.25, -0.2) is 4.39 Å². The number of hydrogen-bond acceptors (Lipinski definition) is 3. The van der Waals surface area contributed by atoms with Gasteiger partial charge in [0.15, 0.2) is 0 Å². The average Bonchev–Trinajstić information content (AvgIpc) is 2.44. The molecule has 1 aliphatic heterocycles. The summed E-state index contributed by atoms with van der Waals surface area (Å²) in [4.78, 5) is 2.29. The first-order valence-electron chi connectivity index (χ1n) is 6.90. The zero-order valence-corrected chi connectivity index (χ0v) is 12.1. The number of hydrogen-bond donors (Lipinski definition) is 2. The maximum atomic E-state index is 13.3. The molecule has 2 rings (SSSR count). The lowest BCUT2D eigenvalue weighted by molar-refractivity contribution is 0.152. The second kappa shape index (κ2) is 5.79. The van der Waals surface area contributed by atoms with Crippen LogP contribution >= 0.6 is 0 Å². The highest BCUT2D eigenvalue weighted by Gasteiger charge is 2.34. The van der Waals surface area contributed by atoms with Gasteiger partial charge in [-0.15, -0.1) is 0 Å². The molecule has 1 aromatic rings. The van der Waals surface area contributed by atoms with Crippen LogP contribution in [0.2, 0.25) is 0 Å². The lowest BCUT2D eigenvalue weighted by atomic mass is 9.79. The van der Waals surface area contributed by atoms with Gasteiger partial charge in [0, 0.05) is 12.0 Å². The molecule has 0 atom stereocenters. The van der Waals surface area contributed by atoms with Crippen molar-refractivity contribution in [2.75, 3.05) is 13.1 Å². The van der Waals surface area contributed by atoms with Crippen LogP contribution in [0.5, 0.6) is 0 Å². The molecular weight excluding hydrogens is 257 g/mol. The van der Waals surface area contributed by atoms with E-state index in [1.807, 2.05) is 19.9 Å². The summed E-state index contributed by atoms with van der Waals surface area (Å²) in [5.41, 5.74) is 7.65. The second-order valence-corrected chi connectivity index (χ2v) is 5.89. The summed E-state index contributed by atoms with van der Waals surface area (Å²) in [5.74, 6) is 0.114. The minimum atomic E-state index is -0.234. The highest BCUT2D eigenvalue weighted by Crippen LogP contribution is 2.31. The quantitative estimate of drug-likeness (QED) is 0.387. The summed E-state index contributed by atoms with van der Waals surface area (Å²) in [7, 11) is 0. The molecule has 0 amide bonds. The number of halogens is 1. The molecule has 0 bridgehead atoms. The first kappa shape index (κ1) is 14.8. The van der Waals surface area contributed by atoms with Crippen LogP contribution in [0.3, 0.4) is 0 Å². The van der Waals surface area contributed by atoms with Gasteiger partial charge in [-0.3, -0.25) is 4.90 Å². The number of likely N-dealkylation sites (tertiary alicyclic amines) is 1. The minimum absolute atomic E-state index is 0.191. The third-order valence-electron chi connectivity index (χ3n) is 4.39. The van der Waals surface area contributed by atoms with Crippen molar-refractivity contribution in [3.05, 3.63) is 35.1 Å². The third kappa shape index (κ3) is 3.10. The first-order valence-corrected chi connectivity index (χ1v) is 6.90. The molecule has 0 unspecified atom stereocenters. The Bertz CT molecular complexity index is 508. The van der Waals surface area contributed by atoms with Crippen LogP contribution in [0.1, 0.15) is 30.9 Å². The summed E-state index contributed by atoms with van der Waals surface area (Å²) < 4.78 is 13.3. The summed E-state index contributed by atoms with van der Waals surface area (Å²) in [6, 6.07) is 4.91. The van der Waals surface area contributed by atoms with Crippen molar-refractivity contribution in [3.63, 3.8) is 0 Å². The predicted octanol–water partition coefficient (Wildman–Crippen LogP) is 2.48. The Labute approximate surface area is 119 Å². The van der Waals surface area contributed by atoms with E-state index in [-0.39, 0.29) is 11.2 Å². The number of benzene rings is 1. The van der Waals surface area contributed by atoms with Gasteiger partial charge in [0.05, 0.1) is 0 Å². The normalized spacial score (nSPS) is 20.1. The van der Waals surface area contributed by atoms with E-state index in [9.17, 15) is 4.39 Å². The average molecular weight is 279 g/mol. The molecule has 1 aromatic carbocycles. The number of piperidine rings is 1. The zero-order chi connectivity index (χ0) is 14.8. The topological polar surface area (TPSA) is 61.8 Å². The van der Waals surface area contributed by atoms with E-state index < -0.39 is 0 Å². The largest absolute Gasteiger partial charge is 0.409 e. The van der Waals surface area contributed by atoms with E-state index in [2.05, 4.69) is 10.1 Å². The fourth-order valence-corrected chi connectivity index (χ4v) is 2.63. The number of nitrogens with zero attached hydrogens (tertiary/aromatic N) is 2. The molecule has 20 heavy (non-hydrogen) atoms. The molecule has 0 saturated carbocycles. The van der Waals surface area contributed by atoms with Gasteiger partial charge >= 0.3 is 0 Å². The maximum absolute atomic E-state index is 13.3. The molecular formula is C15H22FN3O. The first-order chi connectivity index (χ1) is 9.44. The standard InChI is InChI=1S/C15H22FN3O/c1-11-3-4-13(16)9-12(11)10-19-7-5-15(2,6-8-19)14(17)18-20/h3-4,9,20H,5-8,10H2,1-2H3,(H2,17,18). The Kier molecular flexibility index (Phi) is 4.28. The smallest absolute Gasteiger partial charge is 0.145 e. The van der Waals surface area contributed by atoms with E-state index in [4.69, 9.17) is 10.9 Å². The number of amidine groups is 1. The molecule has 110 valence electrons. The Morgan fingerprint density at radius 2 is 2.10 bits per heavy atom. The number of oxime groups is 1. The van der Waals surface area contributed by atoms with E-state index in [0.717, 1.165) is 43.6 Å². The lowest BCUT2D eigenvalue weighted by Crippen LogP contribution is -2.45. The molecule has 0 aliphatic carbocycles.